The molecule has 0 bridgehead atoms. The van der Waals surface area contributed by atoms with Crippen molar-refractivity contribution in [3.05, 3.63) is 47.6 Å². The van der Waals surface area contributed by atoms with Crippen LogP contribution in [0.15, 0.2) is 42.6 Å². The first-order valence-corrected chi connectivity index (χ1v) is 7.74. The van der Waals surface area contributed by atoms with Crippen LogP contribution < -0.4 is 5.46 Å². The Bertz CT molecular complexity index is 687. The molecule has 0 unspecified atom stereocenters. The van der Waals surface area contributed by atoms with Crippen molar-refractivity contribution in [2.75, 3.05) is 0 Å². The van der Waals surface area contributed by atoms with Crippen LogP contribution >= 0.6 is 11.6 Å². The summed E-state index contributed by atoms with van der Waals surface area (Å²) in [6, 6.07) is 11.5. The van der Waals surface area contributed by atoms with Gasteiger partial charge in [0.15, 0.2) is 0 Å². The molecule has 1 aromatic heterocycles. The summed E-state index contributed by atoms with van der Waals surface area (Å²) in [4.78, 5) is 4.51. The number of hydrogen-bond donors (Lipinski definition) is 0. The molecule has 22 heavy (non-hydrogen) atoms. The van der Waals surface area contributed by atoms with Gasteiger partial charge in [0.05, 0.1) is 16.9 Å². The van der Waals surface area contributed by atoms with Crippen molar-refractivity contribution in [1.82, 2.24) is 4.98 Å². The van der Waals surface area contributed by atoms with E-state index in [1.807, 2.05) is 64.1 Å². The molecule has 0 spiro atoms. The number of nitrogens with zero attached hydrogens (tertiary/aromatic N) is 1. The van der Waals surface area contributed by atoms with Crippen LogP contribution in [0.4, 0.5) is 0 Å². The Balaban J connectivity index is 2.04. The Labute approximate surface area is 136 Å². The molecule has 0 saturated carbocycles. The number of pyridine rings is 1. The van der Waals surface area contributed by atoms with Gasteiger partial charge in [-0.1, -0.05) is 29.8 Å². The highest BCUT2D eigenvalue weighted by Gasteiger charge is 2.52. The van der Waals surface area contributed by atoms with E-state index >= 15 is 0 Å². The first kappa shape index (κ1) is 15.5. The van der Waals surface area contributed by atoms with Crippen molar-refractivity contribution < 1.29 is 9.31 Å². The fourth-order valence-electron chi connectivity index (χ4n) is 2.45. The molecule has 2 heterocycles. The first-order valence-electron chi connectivity index (χ1n) is 7.37. The van der Waals surface area contributed by atoms with Crippen LogP contribution in [0.5, 0.6) is 0 Å². The first-order chi connectivity index (χ1) is 10.3. The van der Waals surface area contributed by atoms with E-state index < -0.39 is 7.12 Å². The van der Waals surface area contributed by atoms with Crippen LogP contribution in [0.2, 0.25) is 5.02 Å². The van der Waals surface area contributed by atoms with Crippen molar-refractivity contribution in [2.45, 2.75) is 38.9 Å². The third kappa shape index (κ3) is 2.67. The third-order valence-electron chi connectivity index (χ3n) is 4.44. The number of aromatic nitrogens is 1. The molecule has 0 atom stereocenters. The molecule has 1 aliphatic rings. The molecular weight excluding hydrogens is 296 g/mol. The summed E-state index contributed by atoms with van der Waals surface area (Å²) >= 11 is 6.11. The van der Waals surface area contributed by atoms with E-state index in [1.54, 1.807) is 6.20 Å². The van der Waals surface area contributed by atoms with Crippen LogP contribution in [0.1, 0.15) is 27.7 Å². The molecule has 1 aromatic carbocycles. The van der Waals surface area contributed by atoms with Crippen molar-refractivity contribution in [3.8, 4) is 11.3 Å². The van der Waals surface area contributed by atoms with E-state index in [9.17, 15) is 0 Å². The summed E-state index contributed by atoms with van der Waals surface area (Å²) < 4.78 is 12.3. The van der Waals surface area contributed by atoms with E-state index in [0.29, 0.717) is 5.02 Å². The van der Waals surface area contributed by atoms with Crippen LogP contribution in [0.3, 0.4) is 0 Å². The Hall–Kier alpha value is -1.36. The predicted octanol–water partition coefficient (Wildman–Crippen LogP) is 3.70. The van der Waals surface area contributed by atoms with Gasteiger partial charge >= 0.3 is 7.12 Å². The third-order valence-corrected chi connectivity index (χ3v) is 4.68. The minimum atomic E-state index is -0.437. The molecule has 0 radical (unpaired) electrons. The Kier molecular flexibility index (Phi) is 3.80. The summed E-state index contributed by atoms with van der Waals surface area (Å²) in [5.74, 6) is 0. The SMILES string of the molecule is CC1(C)OB(c2cccnc2-c2cccc(Cl)c2)OC1(C)C. The second-order valence-electron chi connectivity index (χ2n) is 6.54. The molecular formula is C17H19BClNO2. The summed E-state index contributed by atoms with van der Waals surface area (Å²) in [5, 5.41) is 0.683. The number of benzene rings is 1. The van der Waals surface area contributed by atoms with E-state index in [0.717, 1.165) is 16.7 Å². The normalized spacial score (nSPS) is 19.4. The number of hydrogen-bond acceptors (Lipinski definition) is 3. The highest BCUT2D eigenvalue weighted by molar-refractivity contribution is 6.63. The van der Waals surface area contributed by atoms with Gasteiger partial charge in [-0.2, -0.15) is 0 Å². The van der Waals surface area contributed by atoms with Crippen LogP contribution in [-0.4, -0.2) is 23.3 Å². The van der Waals surface area contributed by atoms with Crippen molar-refractivity contribution >= 4 is 24.2 Å². The van der Waals surface area contributed by atoms with Crippen molar-refractivity contribution in [1.29, 1.82) is 0 Å². The molecule has 1 aliphatic heterocycles. The average Bonchev–Trinajstić information content (AvgIpc) is 2.67. The Morgan fingerprint density at radius 2 is 1.68 bits per heavy atom. The molecule has 3 rings (SSSR count). The highest BCUT2D eigenvalue weighted by atomic mass is 35.5. The van der Waals surface area contributed by atoms with Gasteiger partial charge in [-0.3, -0.25) is 4.98 Å². The molecule has 3 nitrogen and oxygen atoms in total. The maximum Gasteiger partial charge on any atom is 0.497 e. The lowest BCUT2D eigenvalue weighted by Crippen LogP contribution is -2.41. The van der Waals surface area contributed by atoms with E-state index in [-0.39, 0.29) is 11.2 Å². The largest absolute Gasteiger partial charge is 0.497 e. The highest BCUT2D eigenvalue weighted by Crippen LogP contribution is 2.37. The summed E-state index contributed by atoms with van der Waals surface area (Å²) in [5.41, 5.74) is 1.96. The smallest absolute Gasteiger partial charge is 0.399 e. The monoisotopic (exact) mass is 315 g/mol. The second kappa shape index (κ2) is 5.37. The molecule has 0 aliphatic carbocycles. The zero-order chi connectivity index (χ0) is 16.0. The van der Waals surface area contributed by atoms with E-state index in [4.69, 9.17) is 20.9 Å². The minimum absolute atomic E-state index is 0.376. The maximum atomic E-state index is 6.15. The van der Waals surface area contributed by atoms with Crippen LogP contribution in [0.25, 0.3) is 11.3 Å². The fraction of sp³-hybridized carbons (Fsp3) is 0.353. The quantitative estimate of drug-likeness (QED) is 0.792. The molecule has 1 saturated heterocycles. The molecule has 1 fully saturated rings. The summed E-state index contributed by atoms with van der Waals surface area (Å²) in [6.07, 6.45) is 1.77. The number of halogens is 1. The van der Waals surface area contributed by atoms with Gasteiger partial charge in [0.25, 0.3) is 0 Å². The molecule has 114 valence electrons. The van der Waals surface area contributed by atoms with Gasteiger partial charge in [-0.05, 0) is 45.9 Å². The van der Waals surface area contributed by atoms with Crippen LogP contribution in [0, 0.1) is 0 Å². The predicted molar refractivity (Wildman–Crippen MR) is 90.4 cm³/mol. The zero-order valence-corrected chi connectivity index (χ0v) is 14.0. The fourth-order valence-corrected chi connectivity index (χ4v) is 2.65. The lowest BCUT2D eigenvalue weighted by Gasteiger charge is -2.32. The van der Waals surface area contributed by atoms with E-state index in [2.05, 4.69) is 4.98 Å². The lowest BCUT2D eigenvalue weighted by molar-refractivity contribution is 0.00578. The van der Waals surface area contributed by atoms with Gasteiger partial charge in [-0.15, -0.1) is 0 Å². The second-order valence-corrected chi connectivity index (χ2v) is 6.98. The Morgan fingerprint density at radius 1 is 1.00 bits per heavy atom. The maximum absolute atomic E-state index is 6.15. The van der Waals surface area contributed by atoms with Gasteiger partial charge in [-0.25, -0.2) is 0 Å². The van der Waals surface area contributed by atoms with Gasteiger partial charge in [0, 0.05) is 22.2 Å². The van der Waals surface area contributed by atoms with Crippen LogP contribution in [-0.2, 0) is 9.31 Å². The minimum Gasteiger partial charge on any atom is -0.399 e. The molecule has 2 aromatic rings. The average molecular weight is 316 g/mol. The summed E-state index contributed by atoms with van der Waals surface area (Å²) in [6.45, 7) is 8.18. The molecule has 0 N–H and O–H groups in total. The van der Waals surface area contributed by atoms with Crippen molar-refractivity contribution in [2.24, 2.45) is 0 Å². The topological polar surface area (TPSA) is 31.4 Å². The van der Waals surface area contributed by atoms with Gasteiger partial charge in [0.1, 0.15) is 0 Å². The lowest BCUT2D eigenvalue weighted by atomic mass is 9.76. The van der Waals surface area contributed by atoms with E-state index in [1.165, 1.54) is 0 Å². The van der Waals surface area contributed by atoms with Crippen molar-refractivity contribution in [3.63, 3.8) is 0 Å². The zero-order valence-electron chi connectivity index (χ0n) is 13.3. The molecule has 5 heteroatoms. The Morgan fingerprint density at radius 3 is 2.32 bits per heavy atom. The number of rotatable bonds is 2. The summed E-state index contributed by atoms with van der Waals surface area (Å²) in [7, 11) is -0.437. The van der Waals surface area contributed by atoms with Gasteiger partial charge < -0.3 is 9.31 Å². The molecule has 0 amide bonds. The standard InChI is InChI=1S/C17H19BClNO2/c1-16(2)17(3,4)22-18(21-16)14-9-6-10-20-15(14)12-7-5-8-13(19)11-12/h5-11H,1-4H3. The van der Waals surface area contributed by atoms with Gasteiger partial charge in [0.2, 0.25) is 0 Å².